The van der Waals surface area contributed by atoms with Crippen molar-refractivity contribution in [2.75, 3.05) is 12.3 Å². The first-order valence-corrected chi connectivity index (χ1v) is 11.0. The van der Waals surface area contributed by atoms with Crippen LogP contribution >= 0.6 is 35.0 Å². The standard InChI is InChI=1S/C21H24Cl2N2O2S/c1-3-24-21(27)15(2)25(12-16-8-10-18(22)11-9-16)20(26)14-28-13-17-6-4-5-7-19(17)23/h4-11,15H,3,12-14H2,1-2H3,(H,24,27). The van der Waals surface area contributed by atoms with E-state index in [0.29, 0.717) is 28.9 Å². The van der Waals surface area contributed by atoms with Crippen LogP contribution in [0.25, 0.3) is 0 Å². The summed E-state index contributed by atoms with van der Waals surface area (Å²) in [7, 11) is 0. The third-order valence-electron chi connectivity index (χ3n) is 4.23. The first-order chi connectivity index (χ1) is 13.4. The molecule has 4 nitrogen and oxygen atoms in total. The van der Waals surface area contributed by atoms with Gasteiger partial charge in [-0.3, -0.25) is 9.59 Å². The van der Waals surface area contributed by atoms with Crippen molar-refractivity contribution in [3.05, 3.63) is 69.7 Å². The molecule has 0 radical (unpaired) electrons. The molecule has 1 unspecified atom stereocenters. The number of rotatable bonds is 9. The molecule has 1 N–H and O–H groups in total. The van der Waals surface area contributed by atoms with Crippen molar-refractivity contribution in [1.82, 2.24) is 10.2 Å². The normalized spacial score (nSPS) is 11.7. The molecule has 0 bridgehead atoms. The van der Waals surface area contributed by atoms with Crippen LogP contribution in [0, 0.1) is 0 Å². The Morgan fingerprint density at radius 3 is 2.43 bits per heavy atom. The Balaban J connectivity index is 2.05. The summed E-state index contributed by atoms with van der Waals surface area (Å²) in [6.45, 7) is 4.47. The minimum Gasteiger partial charge on any atom is -0.355 e. The molecule has 2 aromatic carbocycles. The van der Waals surface area contributed by atoms with Crippen LogP contribution in [0.2, 0.25) is 10.0 Å². The SMILES string of the molecule is CCNC(=O)C(C)N(Cc1ccc(Cl)cc1)C(=O)CSCc1ccccc1Cl. The van der Waals surface area contributed by atoms with Gasteiger partial charge in [-0.2, -0.15) is 0 Å². The number of halogens is 2. The number of nitrogens with zero attached hydrogens (tertiary/aromatic N) is 1. The van der Waals surface area contributed by atoms with Gasteiger partial charge in [-0.15, -0.1) is 11.8 Å². The van der Waals surface area contributed by atoms with Crippen molar-refractivity contribution in [1.29, 1.82) is 0 Å². The van der Waals surface area contributed by atoms with Crippen molar-refractivity contribution in [3.63, 3.8) is 0 Å². The molecule has 0 aromatic heterocycles. The summed E-state index contributed by atoms with van der Waals surface area (Å²) in [5, 5.41) is 4.11. The molecule has 2 amide bonds. The molecule has 0 aliphatic heterocycles. The number of benzene rings is 2. The summed E-state index contributed by atoms with van der Waals surface area (Å²) in [5.41, 5.74) is 1.91. The maximum Gasteiger partial charge on any atom is 0.242 e. The fourth-order valence-electron chi connectivity index (χ4n) is 2.64. The highest BCUT2D eigenvalue weighted by Gasteiger charge is 2.25. The van der Waals surface area contributed by atoms with Crippen LogP contribution < -0.4 is 5.32 Å². The van der Waals surface area contributed by atoms with Crippen molar-refractivity contribution in [2.24, 2.45) is 0 Å². The van der Waals surface area contributed by atoms with E-state index in [2.05, 4.69) is 5.32 Å². The van der Waals surface area contributed by atoms with Crippen LogP contribution in [-0.2, 0) is 21.9 Å². The number of likely N-dealkylation sites (N-methyl/N-ethyl adjacent to an activating group) is 1. The van der Waals surface area contributed by atoms with Crippen LogP contribution in [0.4, 0.5) is 0 Å². The van der Waals surface area contributed by atoms with Gasteiger partial charge in [0.15, 0.2) is 0 Å². The quantitative estimate of drug-likeness (QED) is 0.612. The van der Waals surface area contributed by atoms with Gasteiger partial charge in [0.2, 0.25) is 11.8 Å². The molecule has 1 atom stereocenters. The first-order valence-electron chi connectivity index (χ1n) is 9.05. The van der Waals surface area contributed by atoms with Gasteiger partial charge in [-0.1, -0.05) is 53.5 Å². The van der Waals surface area contributed by atoms with E-state index >= 15 is 0 Å². The molecule has 28 heavy (non-hydrogen) atoms. The van der Waals surface area contributed by atoms with E-state index in [-0.39, 0.29) is 17.6 Å². The average molecular weight is 439 g/mol. The Labute approximate surface area is 180 Å². The summed E-state index contributed by atoms with van der Waals surface area (Å²) < 4.78 is 0. The third-order valence-corrected chi connectivity index (χ3v) is 5.81. The molecule has 150 valence electrons. The molecule has 0 heterocycles. The summed E-state index contributed by atoms with van der Waals surface area (Å²) in [4.78, 5) is 26.8. The Bertz CT molecular complexity index is 799. The van der Waals surface area contributed by atoms with E-state index in [0.717, 1.165) is 11.1 Å². The summed E-state index contributed by atoms with van der Waals surface area (Å²) in [5.74, 6) is 0.643. The maximum atomic E-state index is 12.9. The summed E-state index contributed by atoms with van der Waals surface area (Å²) >= 11 is 13.6. The van der Waals surface area contributed by atoms with Crippen molar-refractivity contribution < 1.29 is 9.59 Å². The molecule has 2 rings (SSSR count). The van der Waals surface area contributed by atoms with Crippen molar-refractivity contribution in [3.8, 4) is 0 Å². The molecule has 0 saturated carbocycles. The number of nitrogens with one attached hydrogen (secondary N) is 1. The second-order valence-electron chi connectivity index (χ2n) is 6.30. The zero-order chi connectivity index (χ0) is 20.5. The average Bonchev–Trinajstić information content (AvgIpc) is 2.68. The predicted molar refractivity (Wildman–Crippen MR) is 118 cm³/mol. The van der Waals surface area contributed by atoms with E-state index in [9.17, 15) is 9.59 Å². The minimum absolute atomic E-state index is 0.0919. The van der Waals surface area contributed by atoms with E-state index in [1.54, 1.807) is 24.0 Å². The maximum absolute atomic E-state index is 12.9. The van der Waals surface area contributed by atoms with Crippen LogP contribution in [0.3, 0.4) is 0 Å². The zero-order valence-corrected chi connectivity index (χ0v) is 18.3. The fraction of sp³-hybridized carbons (Fsp3) is 0.333. The predicted octanol–water partition coefficient (Wildman–Crippen LogP) is 4.78. The Morgan fingerprint density at radius 2 is 1.79 bits per heavy atom. The monoisotopic (exact) mass is 438 g/mol. The lowest BCUT2D eigenvalue weighted by Crippen LogP contribution is -2.48. The molecular weight excluding hydrogens is 415 g/mol. The second-order valence-corrected chi connectivity index (χ2v) is 8.13. The molecule has 0 saturated heterocycles. The van der Waals surface area contributed by atoms with Gasteiger partial charge in [0, 0.05) is 28.9 Å². The van der Waals surface area contributed by atoms with Gasteiger partial charge in [0.1, 0.15) is 6.04 Å². The van der Waals surface area contributed by atoms with Gasteiger partial charge in [0.05, 0.1) is 5.75 Å². The number of carbonyl (C=O) groups excluding carboxylic acids is 2. The lowest BCUT2D eigenvalue weighted by Gasteiger charge is -2.28. The van der Waals surface area contributed by atoms with Gasteiger partial charge in [-0.25, -0.2) is 0 Å². The van der Waals surface area contributed by atoms with Crippen molar-refractivity contribution in [2.45, 2.75) is 32.2 Å². The number of hydrogen-bond acceptors (Lipinski definition) is 3. The van der Waals surface area contributed by atoms with Crippen LogP contribution in [0.1, 0.15) is 25.0 Å². The highest BCUT2D eigenvalue weighted by molar-refractivity contribution is 7.99. The number of hydrogen-bond donors (Lipinski definition) is 1. The third kappa shape index (κ3) is 6.73. The van der Waals surface area contributed by atoms with Crippen LogP contribution in [-0.4, -0.2) is 35.1 Å². The van der Waals surface area contributed by atoms with E-state index in [1.165, 1.54) is 11.8 Å². The largest absolute Gasteiger partial charge is 0.355 e. The Kier molecular flexibility index (Phi) is 9.16. The first kappa shape index (κ1) is 22.6. The molecule has 0 aliphatic carbocycles. The minimum atomic E-state index is -0.566. The molecule has 0 fully saturated rings. The van der Waals surface area contributed by atoms with Crippen LogP contribution in [0.15, 0.2) is 48.5 Å². The molecule has 2 aromatic rings. The van der Waals surface area contributed by atoms with Gasteiger partial charge >= 0.3 is 0 Å². The summed E-state index contributed by atoms with van der Waals surface area (Å²) in [6.07, 6.45) is 0. The fourth-order valence-corrected chi connectivity index (χ4v) is 3.96. The van der Waals surface area contributed by atoms with E-state index < -0.39 is 6.04 Å². The van der Waals surface area contributed by atoms with Gasteiger partial charge < -0.3 is 10.2 Å². The van der Waals surface area contributed by atoms with E-state index in [1.807, 2.05) is 43.3 Å². The lowest BCUT2D eigenvalue weighted by atomic mass is 10.1. The Hall–Kier alpha value is -1.69. The molecular formula is C21H24Cl2N2O2S. The molecule has 0 spiro atoms. The van der Waals surface area contributed by atoms with Gasteiger partial charge in [-0.05, 0) is 43.2 Å². The van der Waals surface area contributed by atoms with Crippen LogP contribution in [0.5, 0.6) is 0 Å². The van der Waals surface area contributed by atoms with E-state index in [4.69, 9.17) is 23.2 Å². The second kappa shape index (κ2) is 11.3. The number of thioether (sulfide) groups is 1. The molecule has 0 aliphatic rings. The topological polar surface area (TPSA) is 49.4 Å². The smallest absolute Gasteiger partial charge is 0.242 e. The number of carbonyl (C=O) groups is 2. The van der Waals surface area contributed by atoms with Gasteiger partial charge in [0.25, 0.3) is 0 Å². The lowest BCUT2D eigenvalue weighted by molar-refractivity contribution is -0.138. The highest BCUT2D eigenvalue weighted by Crippen LogP contribution is 2.22. The molecule has 7 heteroatoms. The van der Waals surface area contributed by atoms with Crippen molar-refractivity contribution >= 4 is 46.8 Å². The number of amides is 2. The zero-order valence-electron chi connectivity index (χ0n) is 16.0. The summed E-state index contributed by atoms with van der Waals surface area (Å²) in [6, 6.07) is 14.3. The Morgan fingerprint density at radius 1 is 1.11 bits per heavy atom. The highest BCUT2D eigenvalue weighted by atomic mass is 35.5.